The van der Waals surface area contributed by atoms with E-state index in [1.807, 2.05) is 0 Å². The molecule has 2 amide bonds. The normalized spacial score (nSPS) is 33.8. The van der Waals surface area contributed by atoms with Crippen LogP contribution in [0.15, 0.2) is 0 Å². The lowest BCUT2D eigenvalue weighted by molar-refractivity contribution is 0.197. The van der Waals surface area contributed by atoms with E-state index in [4.69, 9.17) is 0 Å². The number of carbonyl (C=O) groups excluding carboxylic acids is 1. The summed E-state index contributed by atoms with van der Waals surface area (Å²) < 4.78 is 0. The van der Waals surface area contributed by atoms with Gasteiger partial charge in [0.15, 0.2) is 0 Å². The molecule has 3 rings (SSSR count). The van der Waals surface area contributed by atoms with Crippen molar-refractivity contribution in [3.8, 4) is 0 Å². The fourth-order valence-corrected chi connectivity index (χ4v) is 3.91. The number of likely N-dealkylation sites (tertiary alicyclic amines) is 1. The summed E-state index contributed by atoms with van der Waals surface area (Å²) in [5.74, 6) is 1.62. The van der Waals surface area contributed by atoms with Crippen LogP contribution in [0.5, 0.6) is 0 Å². The maximum Gasteiger partial charge on any atom is 0.317 e. The Morgan fingerprint density at radius 1 is 0.882 bits per heavy atom. The quantitative estimate of drug-likeness (QED) is 0.746. The monoisotopic (exact) mass is 236 g/mol. The Hall–Kier alpha value is -0.730. The van der Waals surface area contributed by atoms with Gasteiger partial charge < -0.3 is 10.2 Å². The van der Waals surface area contributed by atoms with Crippen LogP contribution in [0.3, 0.4) is 0 Å². The second kappa shape index (κ2) is 4.87. The zero-order valence-corrected chi connectivity index (χ0v) is 10.7. The summed E-state index contributed by atoms with van der Waals surface area (Å²) in [6.45, 7) is 2.03. The minimum absolute atomic E-state index is 0.214. The van der Waals surface area contributed by atoms with Gasteiger partial charge in [-0.05, 0) is 37.5 Å². The van der Waals surface area contributed by atoms with Crippen LogP contribution < -0.4 is 5.32 Å². The van der Waals surface area contributed by atoms with Gasteiger partial charge in [0.25, 0.3) is 0 Å². The van der Waals surface area contributed by atoms with E-state index in [0.29, 0.717) is 6.04 Å². The van der Waals surface area contributed by atoms with Crippen LogP contribution in [0, 0.1) is 11.8 Å². The zero-order chi connectivity index (χ0) is 11.7. The van der Waals surface area contributed by atoms with E-state index in [1.54, 1.807) is 0 Å². The average Bonchev–Trinajstić information content (AvgIpc) is 2.90. The molecule has 2 atom stereocenters. The van der Waals surface area contributed by atoms with Gasteiger partial charge in [-0.25, -0.2) is 4.79 Å². The maximum atomic E-state index is 12.2. The van der Waals surface area contributed by atoms with Gasteiger partial charge in [0.05, 0.1) is 0 Å². The first-order chi connectivity index (χ1) is 8.33. The lowest BCUT2D eigenvalue weighted by atomic mass is 9.96. The molecule has 0 aromatic heterocycles. The number of nitrogens with one attached hydrogen (secondary N) is 1. The molecule has 1 heterocycles. The summed E-state index contributed by atoms with van der Waals surface area (Å²) >= 11 is 0. The van der Waals surface area contributed by atoms with Crippen molar-refractivity contribution in [2.24, 2.45) is 11.8 Å². The highest BCUT2D eigenvalue weighted by atomic mass is 16.2. The van der Waals surface area contributed by atoms with Crippen LogP contribution in [0.1, 0.15) is 51.4 Å². The van der Waals surface area contributed by atoms with Gasteiger partial charge in [0.2, 0.25) is 0 Å². The third-order valence-corrected chi connectivity index (χ3v) is 4.95. The van der Waals surface area contributed by atoms with Gasteiger partial charge in [-0.2, -0.15) is 0 Å². The van der Waals surface area contributed by atoms with Gasteiger partial charge in [-0.15, -0.1) is 0 Å². The predicted octanol–water partition coefficient (Wildman–Crippen LogP) is 2.76. The Labute approximate surface area is 104 Å². The number of hydrogen-bond acceptors (Lipinski definition) is 1. The van der Waals surface area contributed by atoms with E-state index in [2.05, 4.69) is 10.2 Å². The Kier molecular flexibility index (Phi) is 3.26. The Bertz CT molecular complexity index is 274. The standard InChI is InChI=1S/C14H24N2O/c17-14(15-13-7-2-1-3-8-13)16-9-11-5-4-6-12(11)10-16/h11-13H,1-10H2,(H,15,17). The second-order valence-electron chi connectivity index (χ2n) is 6.14. The van der Waals surface area contributed by atoms with Crippen molar-refractivity contribution in [3.63, 3.8) is 0 Å². The fourth-order valence-electron chi connectivity index (χ4n) is 3.91. The number of amides is 2. The predicted molar refractivity (Wildman–Crippen MR) is 67.8 cm³/mol. The van der Waals surface area contributed by atoms with E-state index in [9.17, 15) is 4.79 Å². The number of rotatable bonds is 1. The number of nitrogens with zero attached hydrogens (tertiary/aromatic N) is 1. The molecule has 1 saturated heterocycles. The van der Waals surface area contributed by atoms with Crippen LogP contribution in [-0.4, -0.2) is 30.1 Å². The molecule has 0 spiro atoms. The van der Waals surface area contributed by atoms with E-state index in [1.165, 1.54) is 51.4 Å². The first-order valence-electron chi connectivity index (χ1n) is 7.38. The van der Waals surface area contributed by atoms with Crippen LogP contribution >= 0.6 is 0 Å². The lowest BCUT2D eigenvalue weighted by Gasteiger charge is -2.26. The molecule has 0 aromatic carbocycles. The highest BCUT2D eigenvalue weighted by Gasteiger charge is 2.38. The molecule has 3 aliphatic rings. The van der Waals surface area contributed by atoms with Gasteiger partial charge in [-0.3, -0.25) is 0 Å². The van der Waals surface area contributed by atoms with Crippen molar-refractivity contribution < 1.29 is 4.79 Å². The topological polar surface area (TPSA) is 32.3 Å². The molecule has 3 fully saturated rings. The summed E-state index contributed by atoms with van der Waals surface area (Å²) in [6, 6.07) is 0.669. The van der Waals surface area contributed by atoms with Crippen molar-refractivity contribution >= 4 is 6.03 Å². The third kappa shape index (κ3) is 2.43. The molecule has 2 unspecified atom stereocenters. The largest absolute Gasteiger partial charge is 0.335 e. The van der Waals surface area contributed by atoms with Crippen molar-refractivity contribution in [2.75, 3.05) is 13.1 Å². The van der Waals surface area contributed by atoms with Crippen molar-refractivity contribution in [3.05, 3.63) is 0 Å². The number of urea groups is 1. The summed E-state index contributed by atoms with van der Waals surface area (Å²) in [6.07, 6.45) is 10.4. The number of carbonyl (C=O) groups is 1. The summed E-state index contributed by atoms with van der Waals surface area (Å²) in [7, 11) is 0. The van der Waals surface area contributed by atoms with Gasteiger partial charge in [-0.1, -0.05) is 25.7 Å². The Morgan fingerprint density at radius 2 is 1.53 bits per heavy atom. The third-order valence-electron chi connectivity index (χ3n) is 4.95. The first-order valence-corrected chi connectivity index (χ1v) is 7.38. The molecular weight excluding hydrogens is 212 g/mol. The molecule has 0 aromatic rings. The summed E-state index contributed by atoms with van der Waals surface area (Å²) in [5.41, 5.74) is 0. The van der Waals surface area contributed by atoms with Gasteiger partial charge in [0, 0.05) is 19.1 Å². The maximum absolute atomic E-state index is 12.2. The Morgan fingerprint density at radius 3 is 2.18 bits per heavy atom. The molecule has 17 heavy (non-hydrogen) atoms. The molecule has 3 nitrogen and oxygen atoms in total. The number of fused-ring (bicyclic) bond motifs is 1. The van der Waals surface area contributed by atoms with E-state index < -0.39 is 0 Å². The number of hydrogen-bond donors (Lipinski definition) is 1. The second-order valence-corrected chi connectivity index (χ2v) is 6.14. The van der Waals surface area contributed by atoms with E-state index in [-0.39, 0.29) is 6.03 Å². The molecular formula is C14H24N2O. The zero-order valence-electron chi connectivity index (χ0n) is 10.7. The van der Waals surface area contributed by atoms with Crippen LogP contribution in [0.4, 0.5) is 4.79 Å². The molecule has 3 heteroatoms. The van der Waals surface area contributed by atoms with Crippen LogP contribution in [-0.2, 0) is 0 Å². The van der Waals surface area contributed by atoms with Crippen LogP contribution in [0.2, 0.25) is 0 Å². The fraction of sp³-hybridized carbons (Fsp3) is 0.929. The van der Waals surface area contributed by atoms with Crippen molar-refractivity contribution in [1.29, 1.82) is 0 Å². The lowest BCUT2D eigenvalue weighted by Crippen LogP contribution is -2.44. The first kappa shape index (κ1) is 11.4. The van der Waals surface area contributed by atoms with Crippen molar-refractivity contribution in [1.82, 2.24) is 10.2 Å². The summed E-state index contributed by atoms with van der Waals surface area (Å²) in [5, 5.41) is 3.24. The minimum Gasteiger partial charge on any atom is -0.335 e. The molecule has 96 valence electrons. The molecule has 2 aliphatic carbocycles. The highest BCUT2D eigenvalue weighted by molar-refractivity contribution is 5.74. The summed E-state index contributed by atoms with van der Waals surface area (Å²) in [4.78, 5) is 14.2. The highest BCUT2D eigenvalue weighted by Crippen LogP contribution is 2.37. The molecule has 1 aliphatic heterocycles. The van der Waals surface area contributed by atoms with Gasteiger partial charge >= 0.3 is 6.03 Å². The smallest absolute Gasteiger partial charge is 0.317 e. The molecule has 2 saturated carbocycles. The average molecular weight is 236 g/mol. The van der Waals surface area contributed by atoms with E-state index >= 15 is 0 Å². The molecule has 1 N–H and O–H groups in total. The van der Waals surface area contributed by atoms with Gasteiger partial charge in [0.1, 0.15) is 0 Å². The molecule has 0 radical (unpaired) electrons. The van der Waals surface area contributed by atoms with Crippen LogP contribution in [0.25, 0.3) is 0 Å². The molecule has 0 bridgehead atoms. The van der Waals surface area contributed by atoms with E-state index in [0.717, 1.165) is 24.9 Å². The Balaban J connectivity index is 1.49. The SMILES string of the molecule is O=C(NC1CCCCC1)N1CC2CCCC2C1. The minimum atomic E-state index is 0.214. The van der Waals surface area contributed by atoms with Crippen molar-refractivity contribution in [2.45, 2.75) is 57.4 Å².